The number of carbonyl (C=O) groups excluding carboxylic acids is 4. The van der Waals surface area contributed by atoms with E-state index in [9.17, 15) is 19.2 Å². The summed E-state index contributed by atoms with van der Waals surface area (Å²) in [6.07, 6.45) is 0. The number of esters is 3. The molecule has 0 saturated carbocycles. The van der Waals surface area contributed by atoms with Crippen LogP contribution in [0.1, 0.15) is 62.3 Å². The molecule has 0 atom stereocenters. The van der Waals surface area contributed by atoms with Crippen LogP contribution in [-0.2, 0) is 33.4 Å². The molecule has 0 aromatic heterocycles. The van der Waals surface area contributed by atoms with E-state index in [1.54, 1.807) is 62.3 Å². The van der Waals surface area contributed by atoms with Gasteiger partial charge in [-0.3, -0.25) is 24.5 Å². The lowest BCUT2D eigenvalue weighted by Crippen LogP contribution is -2.47. The second-order valence-electron chi connectivity index (χ2n) is 9.61. The second-order valence-corrected chi connectivity index (χ2v) is 9.61. The van der Waals surface area contributed by atoms with Gasteiger partial charge in [-0.05, 0) is 62.3 Å². The lowest BCUT2D eigenvalue weighted by atomic mass is 10.2. The first-order valence-corrected chi connectivity index (χ1v) is 9.52. The third-order valence-electron chi connectivity index (χ3n) is 2.80. The van der Waals surface area contributed by atoms with Gasteiger partial charge in [0, 0.05) is 0 Å². The van der Waals surface area contributed by atoms with Crippen molar-refractivity contribution in [3.05, 3.63) is 0 Å². The molecule has 168 valence electrons. The Morgan fingerprint density at radius 2 is 0.966 bits per heavy atom. The predicted molar refractivity (Wildman–Crippen MR) is 107 cm³/mol. The van der Waals surface area contributed by atoms with Crippen molar-refractivity contribution in [1.29, 1.82) is 0 Å². The molecule has 0 heterocycles. The molecule has 0 aromatic carbocycles. The average molecular weight is 417 g/mol. The Morgan fingerprint density at radius 1 is 0.621 bits per heavy atom. The molecule has 1 N–H and O–H groups in total. The first-order valence-electron chi connectivity index (χ1n) is 9.52. The lowest BCUT2D eigenvalue weighted by Gasteiger charge is -2.26. The van der Waals surface area contributed by atoms with E-state index in [0.717, 1.165) is 4.90 Å². The molecule has 1 amide bonds. The minimum absolute atomic E-state index is 0.185. The van der Waals surface area contributed by atoms with Gasteiger partial charge in [-0.1, -0.05) is 0 Å². The van der Waals surface area contributed by atoms with Gasteiger partial charge < -0.3 is 19.1 Å². The molecular weight excluding hydrogens is 380 g/mol. The topological polar surface area (TPSA) is 111 Å². The van der Waals surface area contributed by atoms with Gasteiger partial charge in [0.1, 0.15) is 29.9 Å². The van der Waals surface area contributed by atoms with E-state index in [-0.39, 0.29) is 13.1 Å². The summed E-state index contributed by atoms with van der Waals surface area (Å²) in [7, 11) is 0. The quantitative estimate of drug-likeness (QED) is 0.467. The van der Waals surface area contributed by atoms with E-state index in [1.807, 2.05) is 0 Å². The van der Waals surface area contributed by atoms with E-state index in [0.29, 0.717) is 0 Å². The number of nitrogens with one attached hydrogen (secondary N) is 1. The first kappa shape index (κ1) is 26.8. The van der Waals surface area contributed by atoms with Crippen molar-refractivity contribution >= 4 is 23.8 Å². The van der Waals surface area contributed by atoms with Crippen LogP contribution < -0.4 is 5.32 Å². The third kappa shape index (κ3) is 15.4. The van der Waals surface area contributed by atoms with Crippen molar-refractivity contribution < 1.29 is 33.4 Å². The SMILES string of the molecule is CC(C)(C)OC(=O)CNCC(=O)N(CC(=O)OC(C)(C)C)CC(=O)OC(C)(C)C. The minimum Gasteiger partial charge on any atom is -0.459 e. The summed E-state index contributed by atoms with van der Waals surface area (Å²) in [4.78, 5) is 49.5. The molecule has 0 radical (unpaired) electrons. The Labute approximate surface area is 173 Å². The highest BCUT2D eigenvalue weighted by Crippen LogP contribution is 2.10. The van der Waals surface area contributed by atoms with Gasteiger partial charge in [-0.15, -0.1) is 0 Å². The minimum atomic E-state index is -0.729. The van der Waals surface area contributed by atoms with Crippen molar-refractivity contribution in [1.82, 2.24) is 10.2 Å². The highest BCUT2D eigenvalue weighted by Gasteiger charge is 2.26. The Hall–Kier alpha value is -2.16. The summed E-state index contributed by atoms with van der Waals surface area (Å²) in [6.45, 7) is 14.1. The largest absolute Gasteiger partial charge is 0.459 e. The second kappa shape index (κ2) is 10.6. The lowest BCUT2D eigenvalue weighted by molar-refractivity contribution is -0.164. The van der Waals surface area contributed by atoms with Crippen molar-refractivity contribution in [3.8, 4) is 0 Å². The number of carbonyl (C=O) groups is 4. The molecule has 0 spiro atoms. The number of ether oxygens (including phenoxy) is 3. The summed E-state index contributed by atoms with van der Waals surface area (Å²) in [5.41, 5.74) is -2.10. The molecule has 0 unspecified atom stereocenters. The number of rotatable bonds is 8. The van der Waals surface area contributed by atoms with Crippen LogP contribution in [0.4, 0.5) is 0 Å². The first-order chi connectivity index (χ1) is 12.9. The standard InChI is InChI=1S/C20H36N2O7/c1-18(2,3)27-15(24)11-21-10-14(23)22(12-16(25)28-19(4,5)6)13-17(26)29-20(7,8)9/h21H,10-13H2,1-9H3. The van der Waals surface area contributed by atoms with Crippen LogP contribution in [0.25, 0.3) is 0 Å². The normalized spacial score (nSPS) is 12.2. The Balaban J connectivity index is 4.93. The van der Waals surface area contributed by atoms with E-state index in [1.165, 1.54) is 0 Å². The summed E-state index contributed by atoms with van der Waals surface area (Å²) in [6, 6.07) is 0. The van der Waals surface area contributed by atoms with Gasteiger partial charge in [0.05, 0.1) is 13.1 Å². The number of nitrogens with zero attached hydrogens (tertiary/aromatic N) is 1. The number of hydrogen-bond acceptors (Lipinski definition) is 8. The molecule has 0 aliphatic rings. The van der Waals surface area contributed by atoms with Crippen LogP contribution in [0.5, 0.6) is 0 Å². The van der Waals surface area contributed by atoms with Crippen molar-refractivity contribution in [3.63, 3.8) is 0 Å². The third-order valence-corrected chi connectivity index (χ3v) is 2.80. The highest BCUT2D eigenvalue weighted by molar-refractivity contribution is 5.87. The molecule has 0 aromatic rings. The van der Waals surface area contributed by atoms with Crippen LogP contribution in [0.15, 0.2) is 0 Å². The molecule has 0 aliphatic heterocycles. The van der Waals surface area contributed by atoms with Crippen molar-refractivity contribution in [2.75, 3.05) is 26.2 Å². The zero-order valence-corrected chi connectivity index (χ0v) is 19.1. The zero-order valence-electron chi connectivity index (χ0n) is 19.1. The molecule has 9 heteroatoms. The Morgan fingerprint density at radius 3 is 1.31 bits per heavy atom. The van der Waals surface area contributed by atoms with Crippen LogP contribution in [0, 0.1) is 0 Å². The number of amides is 1. The van der Waals surface area contributed by atoms with Crippen LogP contribution in [0.3, 0.4) is 0 Å². The van der Waals surface area contributed by atoms with Crippen LogP contribution in [-0.4, -0.2) is 71.7 Å². The summed E-state index contributed by atoms with van der Waals surface area (Å²) in [5.74, 6) is -2.37. The van der Waals surface area contributed by atoms with Crippen molar-refractivity contribution in [2.24, 2.45) is 0 Å². The fraction of sp³-hybridized carbons (Fsp3) is 0.800. The fourth-order valence-corrected chi connectivity index (χ4v) is 2.05. The molecule has 29 heavy (non-hydrogen) atoms. The number of hydrogen-bond donors (Lipinski definition) is 1. The maximum Gasteiger partial charge on any atom is 0.326 e. The van der Waals surface area contributed by atoms with Gasteiger partial charge in [0.25, 0.3) is 0 Å². The van der Waals surface area contributed by atoms with Gasteiger partial charge in [0.15, 0.2) is 0 Å². The van der Waals surface area contributed by atoms with Gasteiger partial charge in [0.2, 0.25) is 5.91 Å². The van der Waals surface area contributed by atoms with E-state index >= 15 is 0 Å². The fourth-order valence-electron chi connectivity index (χ4n) is 2.05. The highest BCUT2D eigenvalue weighted by atomic mass is 16.6. The average Bonchev–Trinajstić information content (AvgIpc) is 2.40. The smallest absolute Gasteiger partial charge is 0.326 e. The zero-order chi connectivity index (χ0) is 23.0. The van der Waals surface area contributed by atoms with E-state index < -0.39 is 53.7 Å². The van der Waals surface area contributed by atoms with E-state index in [2.05, 4.69) is 5.32 Å². The summed E-state index contributed by atoms with van der Waals surface area (Å²) in [5, 5.41) is 2.66. The molecule has 9 nitrogen and oxygen atoms in total. The molecular formula is C20H36N2O7. The predicted octanol–water partition coefficient (Wildman–Crippen LogP) is 1.43. The molecule has 0 aliphatic carbocycles. The Kier molecular flexibility index (Phi) is 9.78. The monoisotopic (exact) mass is 416 g/mol. The van der Waals surface area contributed by atoms with Crippen LogP contribution >= 0.6 is 0 Å². The van der Waals surface area contributed by atoms with Crippen LogP contribution in [0.2, 0.25) is 0 Å². The van der Waals surface area contributed by atoms with E-state index in [4.69, 9.17) is 14.2 Å². The summed E-state index contributed by atoms with van der Waals surface area (Å²) < 4.78 is 15.6. The molecule has 0 fully saturated rings. The molecule has 0 rings (SSSR count). The van der Waals surface area contributed by atoms with Gasteiger partial charge >= 0.3 is 17.9 Å². The van der Waals surface area contributed by atoms with Gasteiger partial charge in [-0.25, -0.2) is 0 Å². The molecule has 0 bridgehead atoms. The maximum absolute atomic E-state index is 12.5. The van der Waals surface area contributed by atoms with Gasteiger partial charge in [-0.2, -0.15) is 0 Å². The molecule has 0 saturated heterocycles. The maximum atomic E-state index is 12.5. The summed E-state index contributed by atoms with van der Waals surface area (Å²) >= 11 is 0. The Bertz CT molecular complexity index is 565. The van der Waals surface area contributed by atoms with Crippen molar-refractivity contribution in [2.45, 2.75) is 79.1 Å².